The Morgan fingerprint density at radius 3 is 2.52 bits per heavy atom. The molecule has 2 nitrogen and oxygen atoms in total. The van der Waals surface area contributed by atoms with Gasteiger partial charge in [0.2, 0.25) is 0 Å². The first-order valence-corrected chi connectivity index (χ1v) is 8.59. The summed E-state index contributed by atoms with van der Waals surface area (Å²) in [6.07, 6.45) is 4.58. The molecule has 0 aliphatic heterocycles. The summed E-state index contributed by atoms with van der Waals surface area (Å²) in [4.78, 5) is 0. The van der Waals surface area contributed by atoms with Crippen molar-refractivity contribution in [1.29, 1.82) is 0 Å². The van der Waals surface area contributed by atoms with Gasteiger partial charge in [-0.2, -0.15) is 0 Å². The van der Waals surface area contributed by atoms with Crippen LogP contribution in [0.25, 0.3) is 0 Å². The first kappa shape index (κ1) is 14.6. The van der Waals surface area contributed by atoms with Crippen LogP contribution >= 0.6 is 0 Å². The number of methoxy groups -OCH3 is 1. The summed E-state index contributed by atoms with van der Waals surface area (Å²) in [5.41, 5.74) is 8.72. The average molecular weight is 308 g/mol. The van der Waals surface area contributed by atoms with Crippen LogP contribution < -0.4 is 4.74 Å². The van der Waals surface area contributed by atoms with Crippen LogP contribution in [0.3, 0.4) is 0 Å². The molecule has 2 aliphatic rings. The van der Waals surface area contributed by atoms with Crippen LogP contribution in [0.15, 0.2) is 24.3 Å². The van der Waals surface area contributed by atoms with E-state index in [-0.39, 0.29) is 5.75 Å². The van der Waals surface area contributed by atoms with E-state index in [0.29, 0.717) is 17.6 Å². The zero-order chi connectivity index (χ0) is 16.1. The molecule has 0 spiro atoms. The van der Waals surface area contributed by atoms with Crippen molar-refractivity contribution in [2.75, 3.05) is 7.11 Å². The second-order valence-corrected chi connectivity index (χ2v) is 7.09. The summed E-state index contributed by atoms with van der Waals surface area (Å²) in [6.45, 7) is 4.48. The van der Waals surface area contributed by atoms with Gasteiger partial charge < -0.3 is 9.84 Å². The molecule has 2 aromatic rings. The molecule has 120 valence electrons. The fourth-order valence-corrected chi connectivity index (χ4v) is 4.68. The maximum absolute atomic E-state index is 10.1. The van der Waals surface area contributed by atoms with Crippen molar-refractivity contribution in [3.63, 3.8) is 0 Å². The molecule has 4 rings (SSSR count). The fraction of sp³-hybridized carbons (Fsp3) is 0.429. The Labute approximate surface area is 138 Å². The minimum Gasteiger partial charge on any atom is -0.504 e. The molecule has 0 saturated carbocycles. The van der Waals surface area contributed by atoms with E-state index in [2.05, 4.69) is 32.0 Å². The van der Waals surface area contributed by atoms with Gasteiger partial charge >= 0.3 is 0 Å². The van der Waals surface area contributed by atoms with E-state index in [1.54, 1.807) is 18.2 Å². The van der Waals surface area contributed by atoms with Gasteiger partial charge in [-0.25, -0.2) is 0 Å². The summed E-state index contributed by atoms with van der Waals surface area (Å²) in [6, 6.07) is 8.63. The highest BCUT2D eigenvalue weighted by atomic mass is 16.5. The van der Waals surface area contributed by atoms with Crippen LogP contribution in [0.5, 0.6) is 11.5 Å². The summed E-state index contributed by atoms with van der Waals surface area (Å²) in [5, 5.41) is 10.1. The molecule has 0 fully saturated rings. The number of hydrogen-bond donors (Lipinski definition) is 1. The van der Waals surface area contributed by atoms with Crippen molar-refractivity contribution in [3.8, 4) is 11.5 Å². The van der Waals surface area contributed by atoms with Crippen LogP contribution in [0.2, 0.25) is 0 Å². The normalized spacial score (nSPS) is 22.0. The first-order valence-electron chi connectivity index (χ1n) is 8.59. The molecule has 0 radical (unpaired) electrons. The van der Waals surface area contributed by atoms with E-state index in [1.807, 2.05) is 6.07 Å². The third kappa shape index (κ3) is 2.15. The number of fused-ring (bicyclic) bond motifs is 5. The van der Waals surface area contributed by atoms with Crippen molar-refractivity contribution in [2.45, 2.75) is 51.4 Å². The maximum Gasteiger partial charge on any atom is 0.160 e. The zero-order valence-corrected chi connectivity index (χ0v) is 14.1. The maximum atomic E-state index is 10.1. The number of rotatable bonds is 1. The molecular formula is C21H24O2. The molecular weight excluding hydrogens is 284 g/mol. The summed E-state index contributed by atoms with van der Waals surface area (Å²) in [7, 11) is 1.63. The smallest absolute Gasteiger partial charge is 0.160 e. The standard InChI is InChI=1S/C21H24O2/c1-12-4-6-16-15(13(12)2)8-9-18-17(16)7-5-14-10-20(22)21(23-3)11-19(14)18/h4,6,10-11,17-18,22H,5,7-9H2,1-3H3/t17-,18-/m0/s1. The molecule has 2 atom stereocenters. The number of aryl methyl sites for hydroxylation is 2. The van der Waals surface area contributed by atoms with E-state index in [1.165, 1.54) is 35.1 Å². The van der Waals surface area contributed by atoms with Crippen molar-refractivity contribution in [1.82, 2.24) is 0 Å². The third-order valence-corrected chi connectivity index (χ3v) is 6.06. The molecule has 0 saturated heterocycles. The van der Waals surface area contributed by atoms with Crippen molar-refractivity contribution >= 4 is 0 Å². The van der Waals surface area contributed by atoms with E-state index in [4.69, 9.17) is 4.74 Å². The highest BCUT2D eigenvalue weighted by Crippen LogP contribution is 2.51. The monoisotopic (exact) mass is 308 g/mol. The lowest BCUT2D eigenvalue weighted by Gasteiger charge is -2.39. The Balaban J connectivity index is 1.81. The van der Waals surface area contributed by atoms with E-state index in [9.17, 15) is 5.11 Å². The Morgan fingerprint density at radius 1 is 1.00 bits per heavy atom. The summed E-state index contributed by atoms with van der Waals surface area (Å²) >= 11 is 0. The van der Waals surface area contributed by atoms with E-state index >= 15 is 0 Å². The quantitative estimate of drug-likeness (QED) is 0.821. The first-order chi connectivity index (χ1) is 11.1. The molecule has 1 N–H and O–H groups in total. The predicted octanol–water partition coefficient (Wildman–Crippen LogP) is 4.78. The summed E-state index contributed by atoms with van der Waals surface area (Å²) in [5.74, 6) is 2.05. The zero-order valence-electron chi connectivity index (χ0n) is 14.1. The van der Waals surface area contributed by atoms with Crippen LogP contribution in [-0.2, 0) is 12.8 Å². The van der Waals surface area contributed by atoms with Gasteiger partial charge in [-0.3, -0.25) is 0 Å². The molecule has 2 aliphatic carbocycles. The lowest BCUT2D eigenvalue weighted by molar-refractivity contribution is 0.366. The number of aromatic hydroxyl groups is 1. The highest BCUT2D eigenvalue weighted by Gasteiger charge is 2.36. The second-order valence-electron chi connectivity index (χ2n) is 7.09. The Hall–Kier alpha value is -1.96. The molecule has 0 aromatic heterocycles. The fourth-order valence-electron chi connectivity index (χ4n) is 4.68. The summed E-state index contributed by atoms with van der Waals surface area (Å²) < 4.78 is 5.35. The molecule has 2 aromatic carbocycles. The Bertz CT molecular complexity index is 776. The van der Waals surface area contributed by atoms with Gasteiger partial charge in [0.25, 0.3) is 0 Å². The van der Waals surface area contributed by atoms with E-state index in [0.717, 1.165) is 12.8 Å². The van der Waals surface area contributed by atoms with Crippen LogP contribution in [-0.4, -0.2) is 12.2 Å². The Kier molecular flexibility index (Phi) is 3.37. The van der Waals surface area contributed by atoms with Gasteiger partial charge in [-0.05, 0) is 96.9 Å². The number of ether oxygens (including phenoxy) is 1. The number of hydrogen-bond acceptors (Lipinski definition) is 2. The SMILES string of the molecule is COc1cc2c(cc1O)CC[C@H]1c3ccc(C)c(C)c3CC[C@H]21. The average Bonchev–Trinajstić information content (AvgIpc) is 2.56. The Morgan fingerprint density at radius 2 is 1.74 bits per heavy atom. The number of phenols is 1. The lowest BCUT2D eigenvalue weighted by atomic mass is 9.65. The topological polar surface area (TPSA) is 29.5 Å². The number of phenolic OH excluding ortho intramolecular Hbond substituents is 1. The molecule has 2 heteroatoms. The number of benzene rings is 2. The van der Waals surface area contributed by atoms with Gasteiger partial charge in [0.1, 0.15) is 0 Å². The van der Waals surface area contributed by atoms with Gasteiger partial charge in [0.05, 0.1) is 7.11 Å². The van der Waals surface area contributed by atoms with Gasteiger partial charge in [0.15, 0.2) is 11.5 Å². The molecule has 0 unspecified atom stereocenters. The minimum atomic E-state index is 0.271. The van der Waals surface area contributed by atoms with Gasteiger partial charge in [-0.1, -0.05) is 12.1 Å². The highest BCUT2D eigenvalue weighted by molar-refractivity contribution is 5.52. The minimum absolute atomic E-state index is 0.271. The van der Waals surface area contributed by atoms with Crippen LogP contribution in [0, 0.1) is 13.8 Å². The van der Waals surface area contributed by atoms with Crippen LogP contribution in [0.4, 0.5) is 0 Å². The third-order valence-electron chi connectivity index (χ3n) is 6.06. The lowest BCUT2D eigenvalue weighted by Crippen LogP contribution is -2.25. The van der Waals surface area contributed by atoms with Crippen LogP contribution in [0.1, 0.15) is 58.1 Å². The molecule has 0 amide bonds. The molecule has 23 heavy (non-hydrogen) atoms. The largest absolute Gasteiger partial charge is 0.504 e. The van der Waals surface area contributed by atoms with Crippen molar-refractivity contribution in [2.24, 2.45) is 0 Å². The van der Waals surface area contributed by atoms with Gasteiger partial charge in [-0.15, -0.1) is 0 Å². The second kappa shape index (κ2) is 5.30. The van der Waals surface area contributed by atoms with Crippen molar-refractivity contribution < 1.29 is 9.84 Å². The predicted molar refractivity (Wildman–Crippen MR) is 92.7 cm³/mol. The molecule has 0 bridgehead atoms. The molecule has 0 heterocycles. The van der Waals surface area contributed by atoms with E-state index < -0.39 is 0 Å². The van der Waals surface area contributed by atoms with Gasteiger partial charge in [0, 0.05) is 0 Å². The van der Waals surface area contributed by atoms with Crippen molar-refractivity contribution in [3.05, 3.63) is 57.6 Å².